The number of ether oxygens (including phenoxy) is 2. The van der Waals surface area contributed by atoms with Crippen molar-refractivity contribution in [3.8, 4) is 11.5 Å². The van der Waals surface area contributed by atoms with Crippen molar-refractivity contribution in [1.82, 2.24) is 29.7 Å². The van der Waals surface area contributed by atoms with Gasteiger partial charge < -0.3 is 19.3 Å². The molecule has 0 bridgehead atoms. The maximum absolute atomic E-state index is 13.5. The van der Waals surface area contributed by atoms with Crippen molar-refractivity contribution in [1.29, 1.82) is 0 Å². The van der Waals surface area contributed by atoms with E-state index >= 15 is 0 Å². The Labute approximate surface area is 262 Å². The van der Waals surface area contributed by atoms with E-state index in [4.69, 9.17) is 21.1 Å². The molecule has 2 aromatic carbocycles. The Balaban J connectivity index is 1.25. The van der Waals surface area contributed by atoms with Crippen LogP contribution in [0.5, 0.6) is 11.5 Å². The Morgan fingerprint density at radius 1 is 1.05 bits per heavy atom. The Morgan fingerprint density at radius 3 is 2.59 bits per heavy atom. The molecule has 0 aliphatic carbocycles. The van der Waals surface area contributed by atoms with Crippen LogP contribution in [0, 0.1) is 13.8 Å². The molecule has 2 fully saturated rings. The first-order chi connectivity index (χ1) is 20.9. The maximum atomic E-state index is 13.5. The number of urea groups is 1. The molecule has 0 radical (unpaired) electrons. The first-order valence-electron chi connectivity index (χ1n) is 14.9. The summed E-state index contributed by atoms with van der Waals surface area (Å²) in [6.07, 6.45) is 3.26. The highest BCUT2D eigenvalue weighted by atomic mass is 35.5. The van der Waals surface area contributed by atoms with Crippen molar-refractivity contribution in [2.75, 3.05) is 13.1 Å². The average Bonchev–Trinajstić information content (AvgIpc) is 3.60. The molecule has 3 heterocycles. The number of halogens is 1. The van der Waals surface area contributed by atoms with Gasteiger partial charge in [-0.15, -0.1) is 5.10 Å². The minimum absolute atomic E-state index is 0.00381. The van der Waals surface area contributed by atoms with Crippen LogP contribution >= 0.6 is 11.6 Å². The zero-order valence-electron chi connectivity index (χ0n) is 25.9. The smallest absolute Gasteiger partial charge is 0.410 e. The van der Waals surface area contributed by atoms with Crippen molar-refractivity contribution in [3.63, 3.8) is 0 Å². The van der Waals surface area contributed by atoms with E-state index in [9.17, 15) is 14.4 Å². The molecule has 4 amide bonds. The van der Waals surface area contributed by atoms with E-state index in [2.05, 4.69) is 10.3 Å². The molecule has 1 atom stereocenters. The van der Waals surface area contributed by atoms with Crippen LogP contribution in [0.15, 0.2) is 42.6 Å². The van der Waals surface area contributed by atoms with Crippen LogP contribution in [0.25, 0.3) is 0 Å². The van der Waals surface area contributed by atoms with E-state index in [1.54, 1.807) is 38.9 Å². The van der Waals surface area contributed by atoms with Crippen molar-refractivity contribution in [3.05, 3.63) is 70.0 Å². The number of hydrogen-bond acceptors (Lipinski definition) is 7. The number of aromatic nitrogens is 3. The van der Waals surface area contributed by atoms with Crippen molar-refractivity contribution >= 4 is 29.6 Å². The molecule has 2 aliphatic rings. The highest BCUT2D eigenvalue weighted by molar-refractivity contribution is 6.30. The minimum Gasteiger partial charge on any atom is -0.457 e. The lowest BCUT2D eigenvalue weighted by molar-refractivity contribution is -0.131. The van der Waals surface area contributed by atoms with E-state index in [0.717, 1.165) is 24.0 Å². The zero-order valence-corrected chi connectivity index (χ0v) is 26.6. The molecule has 0 saturated carbocycles. The van der Waals surface area contributed by atoms with Gasteiger partial charge in [-0.05, 0) is 88.9 Å². The van der Waals surface area contributed by atoms with E-state index in [1.807, 2.05) is 52.8 Å². The summed E-state index contributed by atoms with van der Waals surface area (Å²) in [6.45, 7) is 11.2. The third-order valence-corrected chi connectivity index (χ3v) is 8.03. The van der Waals surface area contributed by atoms with Crippen LogP contribution < -0.4 is 4.74 Å². The van der Waals surface area contributed by atoms with Crippen LogP contribution in [0.2, 0.25) is 5.02 Å². The third kappa shape index (κ3) is 7.50. The zero-order chi connectivity index (χ0) is 31.6. The lowest BCUT2D eigenvalue weighted by Crippen LogP contribution is -2.51. The van der Waals surface area contributed by atoms with E-state index in [1.165, 1.54) is 10.5 Å². The molecule has 0 spiro atoms. The topological polar surface area (TPSA) is 110 Å². The minimum atomic E-state index is -0.576. The lowest BCUT2D eigenvalue weighted by atomic mass is 10.1. The Kier molecular flexibility index (Phi) is 9.15. The van der Waals surface area contributed by atoms with Gasteiger partial charge in [0.05, 0.1) is 31.9 Å². The molecule has 44 heavy (non-hydrogen) atoms. The van der Waals surface area contributed by atoms with Gasteiger partial charge in [-0.3, -0.25) is 14.4 Å². The first kappa shape index (κ1) is 31.3. The van der Waals surface area contributed by atoms with Gasteiger partial charge in [-0.25, -0.2) is 9.59 Å². The summed E-state index contributed by atoms with van der Waals surface area (Å²) in [4.78, 5) is 43.6. The fourth-order valence-corrected chi connectivity index (χ4v) is 5.58. The second-order valence-electron chi connectivity index (χ2n) is 12.4. The molecule has 0 N–H and O–H groups in total. The summed E-state index contributed by atoms with van der Waals surface area (Å²) in [5, 5.41) is 8.96. The number of carbonyl (C=O) groups excluding carboxylic acids is 3. The molecule has 5 rings (SSSR count). The molecular formula is C32H39ClN6O5. The van der Waals surface area contributed by atoms with Gasteiger partial charge in [0.2, 0.25) is 5.91 Å². The van der Waals surface area contributed by atoms with Gasteiger partial charge in [-0.1, -0.05) is 22.9 Å². The summed E-state index contributed by atoms with van der Waals surface area (Å²) >= 11 is 6.33. The van der Waals surface area contributed by atoms with Gasteiger partial charge in [0.1, 0.15) is 22.8 Å². The standard InChI is InChI=1S/C32H39ClN6O5/c1-21-8-10-27(15-22(21)2)43-28-11-9-24(33)16-23(28)17-36-14-12-29(40)39(30(36)41)19-25-18-37(35-34-25)20-26-7-6-13-38(26)31(42)44-32(3,4)5/h8-11,15-16,18,26H,6-7,12-14,17,19-20H2,1-5H3/t26-/m0/s1. The quantitative estimate of drug-likeness (QED) is 0.299. The largest absolute Gasteiger partial charge is 0.457 e. The van der Waals surface area contributed by atoms with E-state index in [0.29, 0.717) is 35.3 Å². The molecule has 2 aliphatic heterocycles. The molecule has 2 saturated heterocycles. The average molecular weight is 623 g/mol. The molecular weight excluding hydrogens is 584 g/mol. The summed E-state index contributed by atoms with van der Waals surface area (Å²) in [5.41, 5.74) is 2.91. The van der Waals surface area contributed by atoms with Crippen LogP contribution in [0.4, 0.5) is 9.59 Å². The van der Waals surface area contributed by atoms with Gasteiger partial charge in [0.25, 0.3) is 0 Å². The predicted octanol–water partition coefficient (Wildman–Crippen LogP) is 6.09. The summed E-state index contributed by atoms with van der Waals surface area (Å²) in [6, 6.07) is 10.7. The fourth-order valence-electron chi connectivity index (χ4n) is 5.39. The number of benzene rings is 2. The summed E-state index contributed by atoms with van der Waals surface area (Å²) in [5.74, 6) is 1.00. The predicted molar refractivity (Wildman–Crippen MR) is 164 cm³/mol. The maximum Gasteiger partial charge on any atom is 0.410 e. The van der Waals surface area contributed by atoms with Crippen molar-refractivity contribution < 1.29 is 23.9 Å². The fraction of sp³-hybridized carbons (Fsp3) is 0.469. The van der Waals surface area contributed by atoms with E-state index < -0.39 is 11.6 Å². The second kappa shape index (κ2) is 12.9. The second-order valence-corrected chi connectivity index (χ2v) is 12.9. The van der Waals surface area contributed by atoms with Crippen molar-refractivity contribution in [2.24, 2.45) is 0 Å². The molecule has 3 aromatic rings. The number of nitrogens with zero attached hydrogens (tertiary/aromatic N) is 6. The first-order valence-corrected chi connectivity index (χ1v) is 15.3. The number of rotatable bonds is 8. The monoisotopic (exact) mass is 622 g/mol. The molecule has 234 valence electrons. The molecule has 11 nitrogen and oxygen atoms in total. The van der Waals surface area contributed by atoms with E-state index in [-0.39, 0.29) is 44.1 Å². The molecule has 0 unspecified atom stereocenters. The third-order valence-electron chi connectivity index (χ3n) is 7.80. The molecule has 12 heteroatoms. The van der Waals surface area contributed by atoms with Gasteiger partial charge >= 0.3 is 12.1 Å². The van der Waals surface area contributed by atoms with Crippen LogP contribution in [-0.2, 0) is 29.2 Å². The van der Waals surface area contributed by atoms with Gasteiger partial charge in [-0.2, -0.15) is 0 Å². The summed E-state index contributed by atoms with van der Waals surface area (Å²) in [7, 11) is 0. The number of hydrogen-bond donors (Lipinski definition) is 0. The number of imide groups is 1. The SMILES string of the molecule is Cc1ccc(Oc2ccc(Cl)cc2CN2CCC(=O)N(Cc3cn(C[C@@H]4CCCN4C(=O)OC(C)(C)C)nn3)C2=O)cc1C. The lowest BCUT2D eigenvalue weighted by Gasteiger charge is -2.34. The Hall–Kier alpha value is -4.12. The Morgan fingerprint density at radius 2 is 1.84 bits per heavy atom. The van der Waals surface area contributed by atoms with Crippen LogP contribution in [-0.4, -0.2) is 72.5 Å². The van der Waals surface area contributed by atoms with Gasteiger partial charge in [0, 0.05) is 30.1 Å². The Bertz CT molecular complexity index is 1550. The highest BCUT2D eigenvalue weighted by Gasteiger charge is 2.35. The van der Waals surface area contributed by atoms with Crippen molar-refractivity contribution in [2.45, 2.75) is 85.2 Å². The molecule has 1 aromatic heterocycles. The number of amides is 4. The van der Waals surface area contributed by atoms with Crippen LogP contribution in [0.3, 0.4) is 0 Å². The van der Waals surface area contributed by atoms with Gasteiger partial charge in [0.15, 0.2) is 0 Å². The summed E-state index contributed by atoms with van der Waals surface area (Å²) < 4.78 is 13.4. The highest BCUT2D eigenvalue weighted by Crippen LogP contribution is 2.31. The van der Waals surface area contributed by atoms with Crippen LogP contribution in [0.1, 0.15) is 62.4 Å². The normalized spacial score (nSPS) is 17.4. The number of carbonyl (C=O) groups is 3. The number of likely N-dealkylation sites (tertiary alicyclic amines) is 1. The number of aryl methyl sites for hydroxylation is 2.